The van der Waals surface area contributed by atoms with Gasteiger partial charge in [0, 0.05) is 23.4 Å². The number of rotatable bonds is 2. The van der Waals surface area contributed by atoms with Gasteiger partial charge >= 0.3 is 6.18 Å². The van der Waals surface area contributed by atoms with Crippen LogP contribution in [0.15, 0.2) is 24.3 Å². The van der Waals surface area contributed by atoms with Crippen LogP contribution >= 0.6 is 0 Å². The van der Waals surface area contributed by atoms with E-state index in [0.29, 0.717) is 25.2 Å². The van der Waals surface area contributed by atoms with Gasteiger partial charge in [-0.1, -0.05) is 0 Å². The Labute approximate surface area is 123 Å². The van der Waals surface area contributed by atoms with Crippen LogP contribution in [0.3, 0.4) is 0 Å². The molecule has 0 bridgehead atoms. The molecule has 0 spiro atoms. The first kappa shape index (κ1) is 14.6. The molecule has 1 aliphatic heterocycles. The maximum absolute atomic E-state index is 12.5. The molecule has 3 rings (SSSR count). The van der Waals surface area contributed by atoms with Gasteiger partial charge in [-0.2, -0.15) is 18.3 Å². The second kappa shape index (κ2) is 5.45. The lowest BCUT2D eigenvalue weighted by atomic mass is 10.1. The number of alkyl halides is 3. The van der Waals surface area contributed by atoms with Crippen molar-refractivity contribution < 1.29 is 22.7 Å². The zero-order chi connectivity index (χ0) is 15.7. The highest BCUT2D eigenvalue weighted by Crippen LogP contribution is 2.30. The van der Waals surface area contributed by atoms with Gasteiger partial charge in [0.15, 0.2) is 5.69 Å². The van der Waals surface area contributed by atoms with Gasteiger partial charge in [-0.15, -0.1) is 0 Å². The molecule has 0 fully saturated rings. The van der Waals surface area contributed by atoms with Gasteiger partial charge in [-0.25, -0.2) is 0 Å². The number of hydrogen-bond donors (Lipinski definition) is 2. The van der Waals surface area contributed by atoms with Crippen LogP contribution in [0.4, 0.5) is 18.9 Å². The van der Waals surface area contributed by atoms with E-state index in [2.05, 4.69) is 15.5 Å². The van der Waals surface area contributed by atoms with Crippen molar-refractivity contribution in [2.45, 2.75) is 19.2 Å². The Balaban J connectivity index is 1.76. The van der Waals surface area contributed by atoms with E-state index in [1.807, 2.05) is 0 Å². The second-order valence-electron chi connectivity index (χ2n) is 4.86. The highest BCUT2D eigenvalue weighted by atomic mass is 19.4. The van der Waals surface area contributed by atoms with Crippen molar-refractivity contribution in [1.82, 2.24) is 10.2 Å². The molecule has 1 aromatic carbocycles. The van der Waals surface area contributed by atoms with Crippen molar-refractivity contribution in [3.63, 3.8) is 0 Å². The molecule has 22 heavy (non-hydrogen) atoms. The summed E-state index contributed by atoms with van der Waals surface area (Å²) in [6, 6.07) is 4.24. The maximum Gasteiger partial charge on any atom is 0.416 e. The molecule has 0 radical (unpaired) electrons. The number of nitrogens with one attached hydrogen (secondary N) is 2. The molecule has 0 aliphatic carbocycles. The molecule has 1 amide bonds. The van der Waals surface area contributed by atoms with Gasteiger partial charge in [0.1, 0.15) is 0 Å². The predicted octanol–water partition coefficient (Wildman–Crippen LogP) is 2.75. The first-order valence-corrected chi connectivity index (χ1v) is 6.57. The monoisotopic (exact) mass is 311 g/mol. The second-order valence-corrected chi connectivity index (χ2v) is 4.86. The number of fused-ring (bicyclic) bond motifs is 1. The quantitative estimate of drug-likeness (QED) is 0.896. The zero-order valence-corrected chi connectivity index (χ0v) is 11.3. The smallest absolute Gasteiger partial charge is 0.376 e. The Morgan fingerprint density at radius 1 is 1.27 bits per heavy atom. The lowest BCUT2D eigenvalue weighted by Crippen LogP contribution is -2.17. The Hall–Kier alpha value is -2.35. The summed E-state index contributed by atoms with van der Waals surface area (Å²) in [4.78, 5) is 12.2. The molecular formula is C14H12F3N3O2. The van der Waals surface area contributed by atoms with Crippen molar-refractivity contribution in [3.8, 4) is 0 Å². The number of aromatic nitrogens is 2. The minimum absolute atomic E-state index is 0.203. The molecule has 0 saturated carbocycles. The van der Waals surface area contributed by atoms with E-state index in [4.69, 9.17) is 4.74 Å². The highest BCUT2D eigenvalue weighted by molar-refractivity contribution is 6.04. The number of amides is 1. The highest BCUT2D eigenvalue weighted by Gasteiger charge is 2.30. The standard InChI is InChI=1S/C14H12F3N3O2/c15-14(16,17)8-1-3-9(4-2-8)18-13(21)12-10-7-22-6-5-11(10)19-20-12/h1-4H,5-7H2,(H,18,21)(H,19,20). The van der Waals surface area contributed by atoms with E-state index in [0.717, 1.165) is 17.8 Å². The summed E-state index contributed by atoms with van der Waals surface area (Å²) in [7, 11) is 0. The normalized spacial score (nSPS) is 14.5. The van der Waals surface area contributed by atoms with E-state index in [9.17, 15) is 18.0 Å². The average molecular weight is 311 g/mol. The van der Waals surface area contributed by atoms with Gasteiger partial charge in [-0.3, -0.25) is 9.89 Å². The summed E-state index contributed by atoms with van der Waals surface area (Å²) in [6.45, 7) is 0.858. The number of nitrogens with zero attached hydrogens (tertiary/aromatic N) is 1. The van der Waals surface area contributed by atoms with Crippen LogP contribution < -0.4 is 5.32 Å². The number of carbonyl (C=O) groups is 1. The Morgan fingerprint density at radius 3 is 2.68 bits per heavy atom. The summed E-state index contributed by atoms with van der Waals surface area (Å²) in [5.41, 5.74) is 1.25. The number of H-pyrrole nitrogens is 1. The molecule has 0 unspecified atom stereocenters. The third-order valence-electron chi connectivity index (χ3n) is 3.38. The van der Waals surface area contributed by atoms with Crippen LogP contribution in [-0.2, 0) is 23.9 Å². The average Bonchev–Trinajstić information content (AvgIpc) is 2.91. The van der Waals surface area contributed by atoms with Crippen LogP contribution in [-0.4, -0.2) is 22.7 Å². The third kappa shape index (κ3) is 2.82. The van der Waals surface area contributed by atoms with Crippen LogP contribution in [0.5, 0.6) is 0 Å². The Kier molecular flexibility index (Phi) is 3.61. The van der Waals surface area contributed by atoms with Crippen LogP contribution in [0.1, 0.15) is 27.3 Å². The first-order valence-electron chi connectivity index (χ1n) is 6.57. The van der Waals surface area contributed by atoms with Crippen LogP contribution in [0.2, 0.25) is 0 Å². The van der Waals surface area contributed by atoms with Gasteiger partial charge < -0.3 is 10.1 Å². The van der Waals surface area contributed by atoms with E-state index in [1.54, 1.807) is 0 Å². The minimum atomic E-state index is -4.40. The fourth-order valence-electron chi connectivity index (χ4n) is 2.23. The molecule has 2 N–H and O–H groups in total. The molecule has 0 atom stereocenters. The Bertz CT molecular complexity index is 692. The number of anilines is 1. The maximum atomic E-state index is 12.5. The number of benzene rings is 1. The lowest BCUT2D eigenvalue weighted by molar-refractivity contribution is -0.137. The van der Waals surface area contributed by atoms with Crippen molar-refractivity contribution in [2.24, 2.45) is 0 Å². The van der Waals surface area contributed by atoms with Crippen LogP contribution in [0.25, 0.3) is 0 Å². The molecule has 2 aromatic rings. The molecule has 0 saturated heterocycles. The largest absolute Gasteiger partial charge is 0.416 e. The summed E-state index contributed by atoms with van der Waals surface area (Å²) in [6.07, 6.45) is -3.75. The SMILES string of the molecule is O=C(Nc1ccc(C(F)(F)F)cc1)c1n[nH]c2c1COCC2. The lowest BCUT2D eigenvalue weighted by Gasteiger charge is -2.12. The summed E-state index contributed by atoms with van der Waals surface area (Å²) in [5, 5.41) is 9.26. The van der Waals surface area contributed by atoms with Gasteiger partial charge in [0.05, 0.1) is 18.8 Å². The topological polar surface area (TPSA) is 67.0 Å². The number of hydrogen-bond acceptors (Lipinski definition) is 3. The zero-order valence-electron chi connectivity index (χ0n) is 11.3. The van der Waals surface area contributed by atoms with Gasteiger partial charge in [0.25, 0.3) is 5.91 Å². The van der Waals surface area contributed by atoms with E-state index >= 15 is 0 Å². The fraction of sp³-hybridized carbons (Fsp3) is 0.286. The van der Waals surface area contributed by atoms with E-state index < -0.39 is 17.6 Å². The molecule has 5 nitrogen and oxygen atoms in total. The third-order valence-corrected chi connectivity index (χ3v) is 3.38. The summed E-state index contributed by atoms with van der Waals surface area (Å²) in [5.74, 6) is -0.484. The minimum Gasteiger partial charge on any atom is -0.376 e. The predicted molar refractivity (Wildman–Crippen MR) is 71.3 cm³/mol. The molecular weight excluding hydrogens is 299 g/mol. The number of carbonyl (C=O) groups excluding carboxylic acids is 1. The Morgan fingerprint density at radius 2 is 2.00 bits per heavy atom. The molecule has 116 valence electrons. The first-order chi connectivity index (χ1) is 10.4. The van der Waals surface area contributed by atoms with Gasteiger partial charge in [-0.05, 0) is 24.3 Å². The van der Waals surface area contributed by atoms with Gasteiger partial charge in [0.2, 0.25) is 0 Å². The van der Waals surface area contributed by atoms with E-state index in [-0.39, 0.29) is 11.4 Å². The molecule has 2 heterocycles. The fourth-order valence-corrected chi connectivity index (χ4v) is 2.23. The number of ether oxygens (including phenoxy) is 1. The van der Waals surface area contributed by atoms with Crippen molar-refractivity contribution in [3.05, 3.63) is 46.8 Å². The number of aromatic amines is 1. The van der Waals surface area contributed by atoms with Crippen molar-refractivity contribution in [1.29, 1.82) is 0 Å². The molecule has 1 aliphatic rings. The van der Waals surface area contributed by atoms with Crippen molar-refractivity contribution in [2.75, 3.05) is 11.9 Å². The van der Waals surface area contributed by atoms with E-state index in [1.165, 1.54) is 12.1 Å². The molecule has 8 heteroatoms. The summed E-state index contributed by atoms with van der Waals surface area (Å²) >= 11 is 0. The number of halogens is 3. The summed E-state index contributed by atoms with van der Waals surface area (Å²) < 4.78 is 42.7. The molecule has 1 aromatic heterocycles. The van der Waals surface area contributed by atoms with Crippen LogP contribution in [0, 0.1) is 0 Å². The van der Waals surface area contributed by atoms with Crippen molar-refractivity contribution >= 4 is 11.6 Å².